The molecule has 1 spiro atoms. The zero-order valence-corrected chi connectivity index (χ0v) is 21.4. The summed E-state index contributed by atoms with van der Waals surface area (Å²) in [6.07, 6.45) is 2.33. The van der Waals surface area contributed by atoms with Crippen LogP contribution in [-0.2, 0) is 16.1 Å². The van der Waals surface area contributed by atoms with Crippen LogP contribution in [0.1, 0.15) is 38.7 Å². The second-order valence-corrected chi connectivity index (χ2v) is 10.7. The first-order valence-electron chi connectivity index (χ1n) is 10.8. The van der Waals surface area contributed by atoms with Gasteiger partial charge in [0.25, 0.3) is 0 Å². The Hall–Kier alpha value is -1.06. The van der Waals surface area contributed by atoms with Crippen LogP contribution in [0.5, 0.6) is 0 Å². The number of allylic oxidation sites excluding steroid dienone is 1. The Balaban J connectivity index is 1.73. The summed E-state index contributed by atoms with van der Waals surface area (Å²) < 4.78 is 12.4. The van der Waals surface area contributed by atoms with Crippen molar-refractivity contribution in [2.75, 3.05) is 20.2 Å². The molecule has 1 N–H and O–H groups in total. The third-order valence-corrected chi connectivity index (χ3v) is 8.99. The topological polar surface area (TPSA) is 59.9 Å². The van der Waals surface area contributed by atoms with Crippen molar-refractivity contribution in [3.8, 4) is 0 Å². The number of ether oxygens (including phenoxy) is 2. The van der Waals surface area contributed by atoms with Gasteiger partial charge in [-0.05, 0) is 73.1 Å². The van der Waals surface area contributed by atoms with Crippen molar-refractivity contribution in [2.45, 2.75) is 56.7 Å². The van der Waals surface area contributed by atoms with E-state index in [1.165, 1.54) is 0 Å². The summed E-state index contributed by atoms with van der Waals surface area (Å²) in [4.78, 5) is 13.7. The van der Waals surface area contributed by atoms with Gasteiger partial charge in [0.05, 0.1) is 10.4 Å². The van der Waals surface area contributed by atoms with E-state index < -0.39 is 0 Å². The maximum atomic E-state index is 13.6. The average Bonchev–Trinajstić information content (AvgIpc) is 3.07. The summed E-state index contributed by atoms with van der Waals surface area (Å²) in [5.74, 6) is 0. The third kappa shape index (κ3) is 3.84. The minimum absolute atomic E-state index is 0.0736. The predicted octanol–water partition coefficient (Wildman–Crippen LogP) is 5.08. The molecule has 2 aliphatic heterocycles. The summed E-state index contributed by atoms with van der Waals surface area (Å²) in [6.45, 7) is 6.20. The molecule has 4 rings (SSSR count). The quantitative estimate of drug-likeness (QED) is 0.416. The van der Waals surface area contributed by atoms with E-state index in [4.69, 9.17) is 14.6 Å². The number of rotatable bonds is 4. The fourth-order valence-corrected chi connectivity index (χ4v) is 6.85. The van der Waals surface area contributed by atoms with Crippen LogP contribution in [-0.4, -0.2) is 52.5 Å². The lowest BCUT2D eigenvalue weighted by Crippen LogP contribution is -2.59. The number of piperidine rings is 1. The molecule has 0 radical (unpaired) electrons. The van der Waals surface area contributed by atoms with Gasteiger partial charge in [0.15, 0.2) is 10.3 Å². The molecule has 8 heteroatoms. The maximum absolute atomic E-state index is 13.6. The molecule has 2 heterocycles. The molecule has 31 heavy (non-hydrogen) atoms. The maximum Gasteiger partial charge on any atom is 0.549 e. The molecule has 1 amide bonds. The lowest BCUT2D eigenvalue weighted by molar-refractivity contribution is -0.850. The molecule has 6 nitrogen and oxygen atoms in total. The first-order chi connectivity index (χ1) is 14.9. The summed E-state index contributed by atoms with van der Waals surface area (Å²) in [6, 6.07) is 9.60. The number of carbonyl (C=O) groups is 1. The Morgan fingerprint density at radius 1 is 1.29 bits per heavy atom. The van der Waals surface area contributed by atoms with E-state index in [9.17, 15) is 4.79 Å². The SMILES string of the molecule is COC1C2=C(CC3(CCNCC3)C1Br)C(Br)=N[N+]2(C(=O)OCc1ccccc1)C(C)C. The normalized spacial score (nSPS) is 29.8. The van der Waals surface area contributed by atoms with Gasteiger partial charge in [-0.25, -0.2) is 0 Å². The molecule has 0 saturated carbocycles. The number of nitrogens with one attached hydrogen (secondary N) is 1. The van der Waals surface area contributed by atoms with Gasteiger partial charge in [-0.15, -0.1) is 0 Å². The van der Waals surface area contributed by atoms with Crippen molar-refractivity contribution >= 4 is 42.6 Å². The van der Waals surface area contributed by atoms with Crippen LogP contribution in [0.3, 0.4) is 0 Å². The van der Waals surface area contributed by atoms with E-state index in [0.29, 0.717) is 0 Å². The summed E-state index contributed by atoms with van der Waals surface area (Å²) >= 11 is 7.70. The monoisotopic (exact) mass is 554 g/mol. The summed E-state index contributed by atoms with van der Waals surface area (Å²) in [5.41, 5.74) is 3.01. The Kier molecular flexibility index (Phi) is 6.75. The van der Waals surface area contributed by atoms with Crippen molar-refractivity contribution in [2.24, 2.45) is 10.5 Å². The number of alkyl halides is 1. The van der Waals surface area contributed by atoms with Gasteiger partial charge < -0.3 is 14.8 Å². The molecule has 1 fully saturated rings. The molecule has 3 unspecified atom stereocenters. The van der Waals surface area contributed by atoms with Gasteiger partial charge in [-0.2, -0.15) is 4.79 Å². The number of quaternary nitrogens is 1. The van der Waals surface area contributed by atoms with Crippen LogP contribution >= 0.6 is 31.9 Å². The smallest absolute Gasteiger partial charge is 0.413 e. The minimum Gasteiger partial charge on any atom is -0.413 e. The number of hydrogen-bond acceptors (Lipinski definition) is 5. The van der Waals surface area contributed by atoms with E-state index in [1.54, 1.807) is 7.11 Å². The zero-order chi connectivity index (χ0) is 22.2. The van der Waals surface area contributed by atoms with Gasteiger partial charge in [0.2, 0.25) is 0 Å². The van der Waals surface area contributed by atoms with Gasteiger partial charge in [-0.3, -0.25) is 0 Å². The number of hydrogen-bond donors (Lipinski definition) is 1. The molecule has 168 valence electrons. The van der Waals surface area contributed by atoms with Crippen LogP contribution in [0.15, 0.2) is 46.7 Å². The lowest BCUT2D eigenvalue weighted by atomic mass is 9.66. The molecule has 0 bridgehead atoms. The van der Waals surface area contributed by atoms with Crippen molar-refractivity contribution in [1.82, 2.24) is 5.32 Å². The van der Waals surface area contributed by atoms with Crippen LogP contribution in [0.2, 0.25) is 0 Å². The molecule has 1 aromatic carbocycles. The Bertz CT molecular complexity index is 897. The van der Waals surface area contributed by atoms with Crippen LogP contribution in [0.4, 0.5) is 4.79 Å². The zero-order valence-electron chi connectivity index (χ0n) is 18.2. The number of carbonyl (C=O) groups excluding carboxylic acids is 1. The van der Waals surface area contributed by atoms with E-state index in [1.807, 2.05) is 44.2 Å². The summed E-state index contributed by atoms with van der Waals surface area (Å²) in [7, 11) is 1.72. The molecule has 3 aliphatic rings. The largest absolute Gasteiger partial charge is 0.549 e. The van der Waals surface area contributed by atoms with Crippen molar-refractivity contribution in [1.29, 1.82) is 0 Å². The number of amides is 1. The number of benzene rings is 1. The highest BCUT2D eigenvalue weighted by molar-refractivity contribution is 9.18. The second-order valence-electron chi connectivity index (χ2n) is 8.92. The van der Waals surface area contributed by atoms with Gasteiger partial charge in [0, 0.05) is 7.11 Å². The summed E-state index contributed by atoms with van der Waals surface area (Å²) in [5, 5.41) is 8.36. The van der Waals surface area contributed by atoms with Gasteiger partial charge >= 0.3 is 6.09 Å². The van der Waals surface area contributed by atoms with E-state index in [2.05, 4.69) is 37.2 Å². The lowest BCUT2D eigenvalue weighted by Gasteiger charge is -2.48. The van der Waals surface area contributed by atoms with Crippen LogP contribution < -0.4 is 5.32 Å². The average molecular weight is 556 g/mol. The fraction of sp³-hybridized carbons (Fsp3) is 0.565. The molecule has 3 atom stereocenters. The minimum atomic E-state index is -0.371. The van der Waals surface area contributed by atoms with Crippen LogP contribution in [0, 0.1) is 5.41 Å². The fourth-order valence-electron chi connectivity index (χ4n) is 5.17. The van der Waals surface area contributed by atoms with E-state index in [-0.39, 0.29) is 39.7 Å². The molecular formula is C23H30Br2N3O3+. The predicted molar refractivity (Wildman–Crippen MR) is 128 cm³/mol. The molecule has 0 aromatic heterocycles. The number of nitrogens with zero attached hydrogens (tertiary/aromatic N) is 2. The first kappa shape index (κ1) is 23.1. The molecular weight excluding hydrogens is 526 g/mol. The molecule has 1 aliphatic carbocycles. The second kappa shape index (κ2) is 9.06. The Labute approximate surface area is 200 Å². The Morgan fingerprint density at radius 2 is 1.97 bits per heavy atom. The van der Waals surface area contributed by atoms with E-state index in [0.717, 1.165) is 53.8 Å². The highest BCUT2D eigenvalue weighted by Crippen LogP contribution is 2.55. The number of methoxy groups -OCH3 is 1. The third-order valence-electron chi connectivity index (χ3n) is 6.90. The first-order valence-corrected chi connectivity index (χ1v) is 12.5. The van der Waals surface area contributed by atoms with Gasteiger partial charge in [-0.1, -0.05) is 56.0 Å². The number of halogens is 2. The molecule has 1 saturated heterocycles. The van der Waals surface area contributed by atoms with Crippen molar-refractivity contribution < 1.29 is 18.9 Å². The molecule has 1 aromatic rings. The highest BCUT2D eigenvalue weighted by Gasteiger charge is 2.63. The standard InChI is InChI=1S/C23H30Br2N3O3/c1-15(2)28(22(29)31-14-16-7-5-4-6-8-16)18-17(21(25)27-28)13-23(9-11-26-12-10-23)20(24)19(18)30-3/h4-8,15,19-20,26H,9-14H2,1-3H3/q+1. The van der Waals surface area contributed by atoms with E-state index >= 15 is 0 Å². The van der Waals surface area contributed by atoms with Gasteiger partial charge in [0.1, 0.15) is 18.8 Å². The van der Waals surface area contributed by atoms with Crippen LogP contribution in [0.25, 0.3) is 0 Å². The van der Waals surface area contributed by atoms with Crippen molar-refractivity contribution in [3.63, 3.8) is 0 Å². The van der Waals surface area contributed by atoms with Crippen molar-refractivity contribution in [3.05, 3.63) is 47.2 Å². The Morgan fingerprint density at radius 3 is 2.58 bits per heavy atom. The highest BCUT2D eigenvalue weighted by atomic mass is 79.9.